The number of rotatable bonds is 6. The van der Waals surface area contributed by atoms with Gasteiger partial charge in [-0.3, -0.25) is 4.90 Å². The second-order valence-corrected chi connectivity index (χ2v) is 6.05. The smallest absolute Gasteiger partial charge is 0.198 e. The zero-order chi connectivity index (χ0) is 16.1. The van der Waals surface area contributed by atoms with E-state index in [1.54, 1.807) is 13.4 Å². The maximum absolute atomic E-state index is 5.48. The minimum atomic E-state index is 0.649. The summed E-state index contributed by atoms with van der Waals surface area (Å²) in [5, 5.41) is 4.40. The molecule has 0 spiro atoms. The Bertz CT molecular complexity index is 661. The van der Waals surface area contributed by atoms with Crippen LogP contribution in [0.3, 0.4) is 0 Å². The second kappa shape index (κ2) is 7.72. The number of benzene rings is 1. The highest BCUT2D eigenvalue weighted by Gasteiger charge is 2.17. The van der Waals surface area contributed by atoms with Crippen molar-refractivity contribution < 1.29 is 4.74 Å². The van der Waals surface area contributed by atoms with Crippen LogP contribution in [0.4, 0.5) is 5.69 Å². The highest BCUT2D eigenvalue weighted by Crippen LogP contribution is 2.15. The number of ether oxygens (including phenoxy) is 1. The summed E-state index contributed by atoms with van der Waals surface area (Å²) in [4.78, 5) is 4.82. The van der Waals surface area contributed by atoms with E-state index in [4.69, 9.17) is 17.0 Å². The number of aromatic nitrogens is 3. The molecule has 2 aromatic rings. The predicted octanol–water partition coefficient (Wildman–Crippen LogP) is 1.84. The van der Waals surface area contributed by atoms with E-state index < -0.39 is 0 Å². The van der Waals surface area contributed by atoms with Crippen LogP contribution in [-0.4, -0.2) is 59.1 Å². The van der Waals surface area contributed by atoms with Gasteiger partial charge in [-0.05, 0) is 24.4 Å². The fourth-order valence-electron chi connectivity index (χ4n) is 2.79. The molecule has 0 N–H and O–H groups in total. The van der Waals surface area contributed by atoms with Gasteiger partial charge in [0, 0.05) is 45.5 Å². The minimum absolute atomic E-state index is 0.649. The molecule has 0 atom stereocenters. The molecule has 1 fully saturated rings. The van der Waals surface area contributed by atoms with Crippen LogP contribution in [0.1, 0.15) is 0 Å². The SMILES string of the molecule is COCCn1cnn(CN2CCN(c3ccccc3)CC2)c1=S. The van der Waals surface area contributed by atoms with Gasteiger partial charge >= 0.3 is 0 Å². The van der Waals surface area contributed by atoms with Crippen molar-refractivity contribution in [2.45, 2.75) is 13.2 Å². The van der Waals surface area contributed by atoms with E-state index in [0.717, 1.165) is 44.2 Å². The maximum Gasteiger partial charge on any atom is 0.198 e. The summed E-state index contributed by atoms with van der Waals surface area (Å²) in [7, 11) is 1.69. The number of methoxy groups -OCH3 is 1. The molecule has 23 heavy (non-hydrogen) atoms. The van der Waals surface area contributed by atoms with Gasteiger partial charge in [-0.25, -0.2) is 4.68 Å². The Labute approximate surface area is 141 Å². The first-order valence-corrected chi connectivity index (χ1v) is 8.32. The third kappa shape index (κ3) is 3.99. The van der Waals surface area contributed by atoms with E-state index in [2.05, 4.69) is 45.2 Å². The zero-order valence-electron chi connectivity index (χ0n) is 13.5. The predicted molar refractivity (Wildman–Crippen MR) is 93.2 cm³/mol. The van der Waals surface area contributed by atoms with E-state index in [9.17, 15) is 0 Å². The van der Waals surface area contributed by atoms with Gasteiger partial charge in [-0.1, -0.05) is 18.2 Å². The quantitative estimate of drug-likeness (QED) is 0.754. The van der Waals surface area contributed by atoms with Crippen molar-refractivity contribution in [3.05, 3.63) is 41.4 Å². The zero-order valence-corrected chi connectivity index (χ0v) is 14.3. The van der Waals surface area contributed by atoms with Crippen LogP contribution in [0.2, 0.25) is 0 Å². The average molecular weight is 333 g/mol. The first-order chi connectivity index (χ1) is 11.3. The van der Waals surface area contributed by atoms with Gasteiger partial charge in [-0.2, -0.15) is 5.10 Å². The van der Waals surface area contributed by atoms with Crippen molar-refractivity contribution in [2.24, 2.45) is 0 Å². The summed E-state index contributed by atoms with van der Waals surface area (Å²) in [5.41, 5.74) is 1.30. The largest absolute Gasteiger partial charge is 0.383 e. The van der Waals surface area contributed by atoms with E-state index in [1.807, 2.05) is 9.25 Å². The number of para-hydroxylation sites is 1. The molecule has 0 aliphatic carbocycles. The average Bonchev–Trinajstić information content (AvgIpc) is 2.94. The molecule has 1 aromatic heterocycles. The van der Waals surface area contributed by atoms with Crippen LogP contribution in [0, 0.1) is 4.77 Å². The fraction of sp³-hybridized carbons (Fsp3) is 0.500. The van der Waals surface area contributed by atoms with Gasteiger partial charge in [0.05, 0.1) is 13.3 Å². The molecule has 1 aliphatic rings. The third-order valence-electron chi connectivity index (χ3n) is 4.16. The normalized spacial score (nSPS) is 16.0. The summed E-state index contributed by atoms with van der Waals surface area (Å²) in [5.74, 6) is 0. The van der Waals surface area contributed by atoms with E-state index in [-0.39, 0.29) is 0 Å². The van der Waals surface area contributed by atoms with Crippen molar-refractivity contribution in [2.75, 3.05) is 44.8 Å². The van der Waals surface area contributed by atoms with Crippen LogP contribution >= 0.6 is 12.2 Å². The number of hydrogen-bond donors (Lipinski definition) is 0. The molecule has 1 saturated heterocycles. The minimum Gasteiger partial charge on any atom is -0.383 e. The summed E-state index contributed by atoms with van der Waals surface area (Å²) in [6, 6.07) is 10.6. The molecular weight excluding hydrogens is 310 g/mol. The lowest BCUT2D eigenvalue weighted by molar-refractivity contribution is 0.183. The molecule has 0 radical (unpaired) electrons. The molecule has 1 aromatic carbocycles. The molecule has 0 saturated carbocycles. The van der Waals surface area contributed by atoms with Crippen molar-refractivity contribution in [1.82, 2.24) is 19.2 Å². The summed E-state index contributed by atoms with van der Waals surface area (Å²) in [6.07, 6.45) is 1.79. The molecule has 7 heteroatoms. The number of hydrogen-bond acceptors (Lipinski definition) is 5. The highest BCUT2D eigenvalue weighted by atomic mass is 32.1. The third-order valence-corrected chi connectivity index (χ3v) is 4.61. The van der Waals surface area contributed by atoms with Crippen molar-refractivity contribution in [3.8, 4) is 0 Å². The summed E-state index contributed by atoms with van der Waals surface area (Å²) >= 11 is 5.48. The topological polar surface area (TPSA) is 38.5 Å². The van der Waals surface area contributed by atoms with Gasteiger partial charge in [0.1, 0.15) is 6.33 Å². The Morgan fingerprint density at radius 2 is 1.87 bits per heavy atom. The Kier molecular flexibility index (Phi) is 5.43. The second-order valence-electron chi connectivity index (χ2n) is 5.68. The van der Waals surface area contributed by atoms with Crippen LogP contribution in [-0.2, 0) is 18.0 Å². The van der Waals surface area contributed by atoms with E-state index >= 15 is 0 Å². The molecule has 1 aliphatic heterocycles. The molecule has 0 amide bonds. The number of nitrogens with zero attached hydrogens (tertiary/aromatic N) is 5. The van der Waals surface area contributed by atoms with Gasteiger partial charge in [0.25, 0.3) is 0 Å². The van der Waals surface area contributed by atoms with Crippen LogP contribution < -0.4 is 4.90 Å². The molecule has 124 valence electrons. The van der Waals surface area contributed by atoms with Crippen LogP contribution in [0.15, 0.2) is 36.7 Å². The van der Waals surface area contributed by atoms with E-state index in [0.29, 0.717) is 6.61 Å². The summed E-state index contributed by atoms with van der Waals surface area (Å²) < 4.78 is 9.70. The highest BCUT2D eigenvalue weighted by molar-refractivity contribution is 7.71. The number of piperazine rings is 1. The van der Waals surface area contributed by atoms with Crippen molar-refractivity contribution in [3.63, 3.8) is 0 Å². The molecule has 0 bridgehead atoms. The summed E-state index contributed by atoms with van der Waals surface area (Å²) in [6.45, 7) is 6.24. The molecule has 3 rings (SSSR count). The first kappa shape index (κ1) is 16.2. The molecular formula is C16H23N5OS. The Morgan fingerprint density at radius 1 is 1.13 bits per heavy atom. The Hall–Kier alpha value is -1.70. The van der Waals surface area contributed by atoms with Gasteiger partial charge < -0.3 is 14.2 Å². The van der Waals surface area contributed by atoms with Gasteiger partial charge in [-0.15, -0.1) is 0 Å². The lowest BCUT2D eigenvalue weighted by atomic mass is 10.2. The first-order valence-electron chi connectivity index (χ1n) is 7.91. The van der Waals surface area contributed by atoms with Crippen molar-refractivity contribution >= 4 is 17.9 Å². The van der Waals surface area contributed by atoms with Gasteiger partial charge in [0.15, 0.2) is 4.77 Å². The molecule has 2 heterocycles. The van der Waals surface area contributed by atoms with E-state index in [1.165, 1.54) is 5.69 Å². The lowest BCUT2D eigenvalue weighted by Gasteiger charge is -2.35. The van der Waals surface area contributed by atoms with Crippen LogP contribution in [0.5, 0.6) is 0 Å². The maximum atomic E-state index is 5.48. The fourth-order valence-corrected chi connectivity index (χ4v) is 3.03. The van der Waals surface area contributed by atoms with Crippen LogP contribution in [0.25, 0.3) is 0 Å². The monoisotopic (exact) mass is 333 g/mol. The Balaban J connectivity index is 1.55. The Morgan fingerprint density at radius 3 is 2.57 bits per heavy atom. The van der Waals surface area contributed by atoms with Crippen molar-refractivity contribution in [1.29, 1.82) is 0 Å². The lowest BCUT2D eigenvalue weighted by Crippen LogP contribution is -2.47. The molecule has 0 unspecified atom stereocenters. The standard InChI is InChI=1S/C16H23N5OS/c1-22-12-11-20-13-17-21(16(20)23)14-18-7-9-19(10-8-18)15-5-3-2-4-6-15/h2-6,13H,7-12,14H2,1H3. The van der Waals surface area contributed by atoms with Gasteiger partial charge in [0.2, 0.25) is 0 Å². The molecule has 6 nitrogen and oxygen atoms in total. The number of anilines is 1.